The van der Waals surface area contributed by atoms with E-state index in [0.29, 0.717) is 24.6 Å². The maximum Gasteiger partial charge on any atom is 0.252 e. The Balaban J connectivity index is 2.79. The molecule has 0 saturated carbocycles. The lowest BCUT2D eigenvalue weighted by molar-refractivity contribution is 0.0947. The molecule has 0 fully saturated rings. The molecule has 3 nitrogen and oxygen atoms in total. The summed E-state index contributed by atoms with van der Waals surface area (Å²) in [5.41, 5.74) is 6.68. The molecule has 0 spiro atoms. The molecule has 18 heavy (non-hydrogen) atoms. The number of rotatable bonds is 4. The molecule has 3 heteroatoms. The van der Waals surface area contributed by atoms with Crippen molar-refractivity contribution in [2.75, 3.05) is 13.1 Å². The Kier molecular flexibility index (Phi) is 5.96. The fraction of sp³-hybridized carbons (Fsp3) is 0.400. The van der Waals surface area contributed by atoms with E-state index >= 15 is 0 Å². The molecule has 96 valence electrons. The van der Waals surface area contributed by atoms with Crippen LogP contribution >= 0.6 is 0 Å². The van der Waals surface area contributed by atoms with Crippen LogP contribution in [0.4, 0.5) is 0 Å². The molecular formula is C15H20N2O. The number of nitrogens with two attached hydrogens (primary N) is 1. The van der Waals surface area contributed by atoms with E-state index in [1.165, 1.54) is 0 Å². The zero-order valence-electron chi connectivity index (χ0n) is 11.0. The molecule has 0 heterocycles. The second-order valence-corrected chi connectivity index (χ2v) is 4.27. The van der Waals surface area contributed by atoms with Crippen molar-refractivity contribution in [1.82, 2.24) is 5.32 Å². The second kappa shape index (κ2) is 7.52. The van der Waals surface area contributed by atoms with Gasteiger partial charge in [0.25, 0.3) is 5.91 Å². The van der Waals surface area contributed by atoms with Crippen LogP contribution in [0.2, 0.25) is 0 Å². The molecule has 0 saturated heterocycles. The van der Waals surface area contributed by atoms with Gasteiger partial charge >= 0.3 is 0 Å². The first kappa shape index (κ1) is 14.3. The standard InChI is InChI=1S/C15H20N2O/c1-3-12(2)11-17-15(18)14-9-5-4-7-13(14)8-6-10-16/h4-5,7,9,12H,3,10-11,16H2,1-2H3,(H,17,18). The van der Waals surface area contributed by atoms with Crippen LogP contribution in [-0.4, -0.2) is 19.0 Å². The number of carbonyl (C=O) groups excluding carboxylic acids is 1. The summed E-state index contributed by atoms with van der Waals surface area (Å²) < 4.78 is 0. The molecule has 3 N–H and O–H groups in total. The van der Waals surface area contributed by atoms with E-state index in [1.807, 2.05) is 18.2 Å². The second-order valence-electron chi connectivity index (χ2n) is 4.27. The molecule has 0 bridgehead atoms. The van der Waals surface area contributed by atoms with E-state index in [9.17, 15) is 4.79 Å². The van der Waals surface area contributed by atoms with Gasteiger partial charge in [0, 0.05) is 12.1 Å². The van der Waals surface area contributed by atoms with Gasteiger partial charge in [0.05, 0.1) is 12.1 Å². The minimum Gasteiger partial charge on any atom is -0.352 e. The van der Waals surface area contributed by atoms with Crippen LogP contribution in [0.5, 0.6) is 0 Å². The Labute approximate surface area is 109 Å². The number of amides is 1. The van der Waals surface area contributed by atoms with Crippen LogP contribution in [0.25, 0.3) is 0 Å². The van der Waals surface area contributed by atoms with E-state index in [-0.39, 0.29) is 5.91 Å². The molecule has 0 aliphatic carbocycles. The van der Waals surface area contributed by atoms with Gasteiger partial charge in [-0.25, -0.2) is 0 Å². The van der Waals surface area contributed by atoms with Crippen molar-refractivity contribution >= 4 is 5.91 Å². The summed E-state index contributed by atoms with van der Waals surface area (Å²) in [5, 5.41) is 2.93. The van der Waals surface area contributed by atoms with Gasteiger partial charge < -0.3 is 11.1 Å². The maximum atomic E-state index is 12.0. The molecule has 1 aromatic rings. The molecule has 1 aromatic carbocycles. The highest BCUT2D eigenvalue weighted by Gasteiger charge is 2.09. The number of benzene rings is 1. The molecule has 1 rings (SSSR count). The van der Waals surface area contributed by atoms with Crippen molar-refractivity contribution in [3.63, 3.8) is 0 Å². The monoisotopic (exact) mass is 244 g/mol. The lowest BCUT2D eigenvalue weighted by Gasteiger charge is -2.11. The van der Waals surface area contributed by atoms with E-state index in [2.05, 4.69) is 31.0 Å². The van der Waals surface area contributed by atoms with Gasteiger partial charge in [0.15, 0.2) is 0 Å². The average Bonchev–Trinajstić information content (AvgIpc) is 2.42. The highest BCUT2D eigenvalue weighted by atomic mass is 16.1. The van der Waals surface area contributed by atoms with Crippen molar-refractivity contribution in [1.29, 1.82) is 0 Å². The highest BCUT2D eigenvalue weighted by Crippen LogP contribution is 2.07. The molecule has 0 aliphatic rings. The predicted octanol–water partition coefficient (Wildman–Crippen LogP) is 1.77. The van der Waals surface area contributed by atoms with Crippen LogP contribution in [0.15, 0.2) is 24.3 Å². The summed E-state index contributed by atoms with van der Waals surface area (Å²) in [6, 6.07) is 7.32. The first-order valence-corrected chi connectivity index (χ1v) is 6.25. The summed E-state index contributed by atoms with van der Waals surface area (Å²) in [6.45, 7) is 5.20. The molecule has 1 atom stereocenters. The lowest BCUT2D eigenvalue weighted by atomic mass is 10.1. The van der Waals surface area contributed by atoms with E-state index in [4.69, 9.17) is 5.73 Å². The highest BCUT2D eigenvalue weighted by molar-refractivity contribution is 5.96. The SMILES string of the molecule is CCC(C)CNC(=O)c1ccccc1C#CCN. The normalized spacial score (nSPS) is 11.3. The molecule has 0 aliphatic heterocycles. The smallest absolute Gasteiger partial charge is 0.252 e. The topological polar surface area (TPSA) is 55.1 Å². The maximum absolute atomic E-state index is 12.0. The lowest BCUT2D eigenvalue weighted by Crippen LogP contribution is -2.28. The van der Waals surface area contributed by atoms with E-state index < -0.39 is 0 Å². The Morgan fingerprint density at radius 2 is 2.17 bits per heavy atom. The number of nitrogens with one attached hydrogen (secondary N) is 1. The van der Waals surface area contributed by atoms with Crippen LogP contribution in [0.3, 0.4) is 0 Å². The first-order chi connectivity index (χ1) is 8.69. The summed E-state index contributed by atoms with van der Waals surface area (Å²) in [7, 11) is 0. The van der Waals surface area contributed by atoms with Crippen molar-refractivity contribution in [2.45, 2.75) is 20.3 Å². The van der Waals surface area contributed by atoms with Gasteiger partial charge in [-0.1, -0.05) is 44.2 Å². The first-order valence-electron chi connectivity index (χ1n) is 6.25. The third-order valence-electron chi connectivity index (χ3n) is 2.80. The molecule has 0 radical (unpaired) electrons. The van der Waals surface area contributed by atoms with Gasteiger partial charge in [-0.2, -0.15) is 0 Å². The zero-order chi connectivity index (χ0) is 13.4. The molecule has 1 unspecified atom stereocenters. The summed E-state index contributed by atoms with van der Waals surface area (Å²) in [5.74, 6) is 6.10. The van der Waals surface area contributed by atoms with E-state index in [1.54, 1.807) is 6.07 Å². The Hall–Kier alpha value is -1.79. The quantitative estimate of drug-likeness (QED) is 0.793. The van der Waals surface area contributed by atoms with Crippen molar-refractivity contribution in [2.24, 2.45) is 11.7 Å². The summed E-state index contributed by atoms with van der Waals surface area (Å²) in [4.78, 5) is 12.0. The Morgan fingerprint density at radius 1 is 1.44 bits per heavy atom. The van der Waals surface area contributed by atoms with Crippen LogP contribution in [-0.2, 0) is 0 Å². The number of carbonyl (C=O) groups is 1. The molecule has 0 aromatic heterocycles. The number of hydrogen-bond donors (Lipinski definition) is 2. The fourth-order valence-corrected chi connectivity index (χ4v) is 1.44. The third kappa shape index (κ3) is 4.23. The largest absolute Gasteiger partial charge is 0.352 e. The van der Waals surface area contributed by atoms with Crippen LogP contribution in [0.1, 0.15) is 36.2 Å². The minimum absolute atomic E-state index is 0.0720. The Morgan fingerprint density at radius 3 is 2.83 bits per heavy atom. The van der Waals surface area contributed by atoms with Gasteiger partial charge in [-0.05, 0) is 18.1 Å². The summed E-state index contributed by atoms with van der Waals surface area (Å²) >= 11 is 0. The molecular weight excluding hydrogens is 224 g/mol. The zero-order valence-corrected chi connectivity index (χ0v) is 11.0. The average molecular weight is 244 g/mol. The van der Waals surface area contributed by atoms with Crippen LogP contribution < -0.4 is 11.1 Å². The molecule has 1 amide bonds. The number of hydrogen-bond acceptors (Lipinski definition) is 2. The van der Waals surface area contributed by atoms with Gasteiger partial charge in [0.2, 0.25) is 0 Å². The van der Waals surface area contributed by atoms with Gasteiger partial charge in [0.1, 0.15) is 0 Å². The Bertz CT molecular complexity index is 457. The third-order valence-corrected chi connectivity index (χ3v) is 2.80. The van der Waals surface area contributed by atoms with Gasteiger partial charge in [-0.15, -0.1) is 0 Å². The summed E-state index contributed by atoms with van der Waals surface area (Å²) in [6.07, 6.45) is 1.05. The predicted molar refractivity (Wildman–Crippen MR) is 74.2 cm³/mol. The van der Waals surface area contributed by atoms with Crippen molar-refractivity contribution in [3.8, 4) is 11.8 Å². The van der Waals surface area contributed by atoms with Crippen LogP contribution in [0, 0.1) is 17.8 Å². The van der Waals surface area contributed by atoms with Crippen molar-refractivity contribution in [3.05, 3.63) is 35.4 Å². The minimum atomic E-state index is -0.0720. The van der Waals surface area contributed by atoms with Crippen molar-refractivity contribution < 1.29 is 4.79 Å². The van der Waals surface area contributed by atoms with Gasteiger partial charge in [-0.3, -0.25) is 4.79 Å². The van der Waals surface area contributed by atoms with E-state index in [0.717, 1.165) is 12.0 Å². The fourth-order valence-electron chi connectivity index (χ4n) is 1.44.